The fraction of sp³-hybridized carbons (Fsp3) is 0.600. The van der Waals surface area contributed by atoms with Gasteiger partial charge in [0.2, 0.25) is 0 Å². The van der Waals surface area contributed by atoms with Gasteiger partial charge in [0.15, 0.2) is 5.96 Å². The van der Waals surface area contributed by atoms with E-state index < -0.39 is 0 Å². The van der Waals surface area contributed by atoms with Crippen LogP contribution in [-0.2, 0) is 9.53 Å². The highest BCUT2D eigenvalue weighted by atomic mass is 16.5. The van der Waals surface area contributed by atoms with Crippen LogP contribution >= 0.6 is 0 Å². The van der Waals surface area contributed by atoms with Crippen molar-refractivity contribution in [2.24, 2.45) is 4.99 Å². The molecule has 1 aliphatic rings. The molecule has 0 amide bonds. The monoisotopic (exact) mass is 376 g/mol. The number of carbonyl (C=O) groups excluding carboxylic acids is 1. The molecule has 1 aromatic carbocycles. The number of unbranched alkanes of at least 4 members (excludes halogenated alkanes) is 1. The predicted octanol–water partition coefficient (Wildman–Crippen LogP) is 2.17. The van der Waals surface area contributed by atoms with E-state index in [0.29, 0.717) is 19.0 Å². The second kappa shape index (κ2) is 11.3. The van der Waals surface area contributed by atoms with Crippen molar-refractivity contribution in [3.63, 3.8) is 0 Å². The number of carbonyl (C=O) groups is 1. The van der Waals surface area contributed by atoms with Gasteiger partial charge in [0, 0.05) is 38.6 Å². The van der Waals surface area contributed by atoms with E-state index >= 15 is 0 Å². The van der Waals surface area contributed by atoms with Gasteiger partial charge in [0.1, 0.15) is 5.75 Å². The van der Waals surface area contributed by atoms with E-state index in [2.05, 4.69) is 38.3 Å². The summed E-state index contributed by atoms with van der Waals surface area (Å²) in [5, 5.41) is 6.83. The summed E-state index contributed by atoms with van der Waals surface area (Å²) in [6.45, 7) is 5.46. The molecule has 0 bridgehead atoms. The molecule has 1 aliphatic heterocycles. The zero-order chi connectivity index (χ0) is 19.5. The number of rotatable bonds is 9. The average molecular weight is 377 g/mol. The largest absolute Gasteiger partial charge is 0.495 e. The van der Waals surface area contributed by atoms with E-state index in [0.717, 1.165) is 56.3 Å². The Bertz CT molecular complexity index is 621. The summed E-state index contributed by atoms with van der Waals surface area (Å²) in [6.07, 6.45) is 3.15. The molecule has 150 valence electrons. The fourth-order valence-corrected chi connectivity index (χ4v) is 3.18. The Morgan fingerprint density at radius 1 is 1.30 bits per heavy atom. The molecule has 1 heterocycles. The van der Waals surface area contributed by atoms with Crippen LogP contribution in [0, 0.1) is 0 Å². The topological polar surface area (TPSA) is 75.2 Å². The maximum absolute atomic E-state index is 11.1. The molecule has 2 N–H and O–H groups in total. The standard InChI is InChI=1S/C20H32N4O3/c1-4-21-20(22-13-8-7-11-19(25)27-3)23-16-12-14-24(15-16)17-9-5-6-10-18(17)26-2/h5-6,9-10,16H,4,7-8,11-15H2,1-3H3,(H2,21,22,23). The molecule has 7 heteroatoms. The minimum atomic E-state index is -0.161. The number of guanidine groups is 1. The molecule has 1 atom stereocenters. The highest BCUT2D eigenvalue weighted by Crippen LogP contribution is 2.30. The van der Waals surface area contributed by atoms with Gasteiger partial charge in [0.25, 0.3) is 0 Å². The summed E-state index contributed by atoms with van der Waals surface area (Å²) in [5.74, 6) is 1.58. The number of hydrogen-bond acceptors (Lipinski definition) is 5. The number of esters is 1. The summed E-state index contributed by atoms with van der Waals surface area (Å²) in [6, 6.07) is 8.46. The third kappa shape index (κ3) is 6.66. The van der Waals surface area contributed by atoms with Crippen molar-refractivity contribution in [2.75, 3.05) is 45.3 Å². The summed E-state index contributed by atoms with van der Waals surface area (Å²) >= 11 is 0. The lowest BCUT2D eigenvalue weighted by Gasteiger charge is -2.22. The third-order valence-electron chi connectivity index (χ3n) is 4.59. The zero-order valence-electron chi connectivity index (χ0n) is 16.7. The normalized spacial score (nSPS) is 16.9. The SMILES string of the molecule is CCNC(=NCCCCC(=O)OC)NC1CCN(c2ccccc2OC)C1. The van der Waals surface area contributed by atoms with Crippen molar-refractivity contribution in [1.29, 1.82) is 0 Å². The maximum atomic E-state index is 11.1. The van der Waals surface area contributed by atoms with Crippen LogP contribution in [0.1, 0.15) is 32.6 Å². The smallest absolute Gasteiger partial charge is 0.305 e. The van der Waals surface area contributed by atoms with Crippen LogP contribution in [0.25, 0.3) is 0 Å². The van der Waals surface area contributed by atoms with E-state index in [4.69, 9.17) is 4.74 Å². The maximum Gasteiger partial charge on any atom is 0.305 e. The molecule has 2 rings (SSSR count). The quantitative estimate of drug-likeness (QED) is 0.298. The Kier molecular flexibility index (Phi) is 8.74. The number of ether oxygens (including phenoxy) is 2. The van der Waals surface area contributed by atoms with E-state index in [1.54, 1.807) is 7.11 Å². The first-order valence-electron chi connectivity index (χ1n) is 9.67. The Morgan fingerprint density at radius 2 is 2.11 bits per heavy atom. The zero-order valence-corrected chi connectivity index (χ0v) is 16.7. The molecule has 0 radical (unpaired) electrons. The van der Waals surface area contributed by atoms with Crippen LogP contribution in [0.2, 0.25) is 0 Å². The number of nitrogens with zero attached hydrogens (tertiary/aromatic N) is 2. The average Bonchev–Trinajstić information content (AvgIpc) is 3.15. The molecular formula is C20H32N4O3. The van der Waals surface area contributed by atoms with Crippen molar-refractivity contribution in [3.8, 4) is 5.75 Å². The molecule has 1 fully saturated rings. The van der Waals surface area contributed by atoms with Crippen LogP contribution in [-0.4, -0.2) is 58.4 Å². The van der Waals surface area contributed by atoms with Gasteiger partial charge in [-0.15, -0.1) is 0 Å². The number of para-hydroxylation sites is 2. The summed E-state index contributed by atoms with van der Waals surface area (Å²) in [7, 11) is 3.13. The van der Waals surface area contributed by atoms with Crippen LogP contribution in [0.4, 0.5) is 5.69 Å². The fourth-order valence-electron chi connectivity index (χ4n) is 3.18. The predicted molar refractivity (Wildman–Crippen MR) is 109 cm³/mol. The number of hydrogen-bond donors (Lipinski definition) is 2. The van der Waals surface area contributed by atoms with Crippen molar-refractivity contribution in [2.45, 2.75) is 38.6 Å². The van der Waals surface area contributed by atoms with Gasteiger partial charge in [-0.3, -0.25) is 9.79 Å². The number of benzene rings is 1. The summed E-state index contributed by atoms with van der Waals surface area (Å²) in [5.41, 5.74) is 1.13. The van der Waals surface area contributed by atoms with Gasteiger partial charge in [-0.05, 0) is 38.3 Å². The van der Waals surface area contributed by atoms with Gasteiger partial charge in [-0.2, -0.15) is 0 Å². The first-order chi connectivity index (χ1) is 13.2. The van der Waals surface area contributed by atoms with Crippen LogP contribution in [0.5, 0.6) is 5.75 Å². The van der Waals surface area contributed by atoms with Crippen LogP contribution < -0.4 is 20.3 Å². The third-order valence-corrected chi connectivity index (χ3v) is 4.59. The molecule has 27 heavy (non-hydrogen) atoms. The highest BCUT2D eigenvalue weighted by molar-refractivity contribution is 5.80. The Labute approximate surface area is 162 Å². The van der Waals surface area contributed by atoms with Crippen LogP contribution in [0.15, 0.2) is 29.3 Å². The minimum Gasteiger partial charge on any atom is -0.495 e. The summed E-state index contributed by atoms with van der Waals surface area (Å²) < 4.78 is 10.1. The van der Waals surface area contributed by atoms with Gasteiger partial charge < -0.3 is 25.0 Å². The number of methoxy groups -OCH3 is 2. The Balaban J connectivity index is 1.84. The van der Waals surface area contributed by atoms with Crippen molar-refractivity contribution < 1.29 is 14.3 Å². The van der Waals surface area contributed by atoms with Gasteiger partial charge >= 0.3 is 5.97 Å². The molecular weight excluding hydrogens is 344 g/mol. The Morgan fingerprint density at radius 3 is 2.85 bits per heavy atom. The number of aliphatic imine (C=N–C) groups is 1. The highest BCUT2D eigenvalue weighted by Gasteiger charge is 2.25. The molecule has 0 spiro atoms. The van der Waals surface area contributed by atoms with Crippen LogP contribution in [0.3, 0.4) is 0 Å². The lowest BCUT2D eigenvalue weighted by atomic mass is 10.2. The first-order valence-corrected chi connectivity index (χ1v) is 9.67. The van der Waals surface area contributed by atoms with E-state index in [1.165, 1.54) is 7.11 Å². The molecule has 1 unspecified atom stereocenters. The molecule has 0 aliphatic carbocycles. The van der Waals surface area contributed by atoms with Gasteiger partial charge in [0.05, 0.1) is 19.9 Å². The van der Waals surface area contributed by atoms with Crippen molar-refractivity contribution >= 4 is 17.6 Å². The second-order valence-corrected chi connectivity index (χ2v) is 6.54. The van der Waals surface area contributed by atoms with E-state index in [-0.39, 0.29) is 5.97 Å². The lowest BCUT2D eigenvalue weighted by molar-refractivity contribution is -0.140. The molecule has 0 saturated carbocycles. The van der Waals surface area contributed by atoms with Gasteiger partial charge in [-0.25, -0.2) is 0 Å². The van der Waals surface area contributed by atoms with Gasteiger partial charge in [-0.1, -0.05) is 12.1 Å². The molecule has 0 aromatic heterocycles. The lowest BCUT2D eigenvalue weighted by Crippen LogP contribution is -2.44. The van der Waals surface area contributed by atoms with E-state index in [9.17, 15) is 4.79 Å². The Hall–Kier alpha value is -2.44. The summed E-state index contributed by atoms with van der Waals surface area (Å²) in [4.78, 5) is 18.1. The van der Waals surface area contributed by atoms with Crippen molar-refractivity contribution in [1.82, 2.24) is 10.6 Å². The van der Waals surface area contributed by atoms with E-state index in [1.807, 2.05) is 18.2 Å². The second-order valence-electron chi connectivity index (χ2n) is 6.54. The number of nitrogens with one attached hydrogen (secondary N) is 2. The number of anilines is 1. The molecule has 1 aromatic rings. The first kappa shape index (κ1) is 20.9. The molecule has 1 saturated heterocycles. The minimum absolute atomic E-state index is 0.161. The molecule has 7 nitrogen and oxygen atoms in total. The van der Waals surface area contributed by atoms with Crippen molar-refractivity contribution in [3.05, 3.63) is 24.3 Å².